The molecule has 0 saturated heterocycles. The Balaban J connectivity index is 1.80. The van der Waals surface area contributed by atoms with Crippen LogP contribution < -0.4 is 10.3 Å². The van der Waals surface area contributed by atoms with E-state index in [2.05, 4.69) is 57.0 Å². The zero-order valence-corrected chi connectivity index (χ0v) is 23.9. The first kappa shape index (κ1) is 28.1. The van der Waals surface area contributed by atoms with Crippen molar-refractivity contribution in [3.63, 3.8) is 0 Å². The third-order valence-electron chi connectivity index (χ3n) is 7.42. The molecule has 0 bridgehead atoms. The summed E-state index contributed by atoms with van der Waals surface area (Å²) in [5.41, 5.74) is 7.80. The van der Waals surface area contributed by atoms with Gasteiger partial charge in [-0.2, -0.15) is 0 Å². The average Bonchev–Trinajstić information content (AvgIpc) is 2.92. The lowest BCUT2D eigenvalue weighted by Crippen LogP contribution is -2.76. The molecule has 1 N–H and O–H groups in total. The number of fused-ring (bicyclic) bond motifs is 2. The maximum atomic E-state index is 13.8. The number of amides is 1. The van der Waals surface area contributed by atoms with Crippen LogP contribution in [0.5, 0.6) is 0 Å². The summed E-state index contributed by atoms with van der Waals surface area (Å²) in [6.45, 7) is 9.80. The number of nitrogens with zero attached hydrogens (tertiary/aromatic N) is 1. The molecule has 204 valence electrons. The quantitative estimate of drug-likeness (QED) is 0.190. The molecule has 6 heteroatoms. The molecule has 2 aliphatic rings. The van der Waals surface area contributed by atoms with E-state index in [9.17, 15) is 9.59 Å². The van der Waals surface area contributed by atoms with Crippen molar-refractivity contribution < 1.29 is 23.7 Å². The first-order chi connectivity index (χ1) is 18.7. The Kier molecular flexibility index (Phi) is 8.85. The lowest BCUT2D eigenvalue weighted by atomic mass is 9.88. The second-order valence-electron chi connectivity index (χ2n) is 10.3. The normalized spacial score (nSPS) is 11.8. The second-order valence-corrected chi connectivity index (χ2v) is 10.3. The summed E-state index contributed by atoms with van der Waals surface area (Å²) in [5.74, 6) is 0.565. The number of benzene rings is 3. The summed E-state index contributed by atoms with van der Waals surface area (Å²) < 4.78 is 11.2. The molecule has 2 aromatic carbocycles. The number of aryl methyl sites for hydroxylation is 3. The minimum Gasteiger partial charge on any atom is -0.469 e. The largest absolute Gasteiger partial charge is 0.469 e. The Bertz CT molecular complexity index is 1550. The van der Waals surface area contributed by atoms with Gasteiger partial charge in [0.2, 0.25) is 5.36 Å². The molecule has 0 saturated carbocycles. The van der Waals surface area contributed by atoms with Gasteiger partial charge in [-0.05, 0) is 81.5 Å². The first-order valence-electron chi connectivity index (χ1n) is 13.7. The van der Waals surface area contributed by atoms with Crippen LogP contribution in [0.3, 0.4) is 0 Å². The van der Waals surface area contributed by atoms with Gasteiger partial charge in [0.1, 0.15) is 17.9 Å². The third kappa shape index (κ3) is 6.06. The number of hydrogen-bond donors (Lipinski definition) is 1. The zero-order chi connectivity index (χ0) is 28.1. The molecule has 0 fully saturated rings. The smallest absolute Gasteiger partial charge is 0.305 e. The molecular weight excluding hydrogens is 488 g/mol. The van der Waals surface area contributed by atoms with Gasteiger partial charge in [0, 0.05) is 47.7 Å². The van der Waals surface area contributed by atoms with E-state index in [1.54, 1.807) is 4.90 Å². The highest BCUT2D eigenvalue weighted by atomic mass is 16.5. The number of carbonyl (C=O) groups excluding carboxylic acids is 2. The van der Waals surface area contributed by atoms with Gasteiger partial charge in [0.05, 0.1) is 13.2 Å². The molecule has 39 heavy (non-hydrogen) atoms. The van der Waals surface area contributed by atoms with Crippen molar-refractivity contribution in [2.45, 2.75) is 53.4 Å². The molecule has 0 aromatic heterocycles. The number of carbonyl (C=O) groups is 2. The Hall–Kier alpha value is -3.93. The molecule has 0 spiro atoms. The molecule has 0 atom stereocenters. The molecule has 2 aromatic rings. The van der Waals surface area contributed by atoms with Gasteiger partial charge in [-0.1, -0.05) is 24.6 Å². The van der Waals surface area contributed by atoms with Crippen molar-refractivity contribution in [3.8, 4) is 22.5 Å². The van der Waals surface area contributed by atoms with E-state index in [0.717, 1.165) is 75.7 Å². The molecule has 1 aliphatic carbocycles. The Labute approximate surface area is 230 Å². The van der Waals surface area contributed by atoms with Gasteiger partial charge in [-0.15, -0.1) is 0 Å². The number of ether oxygens (including phenoxy) is 1. The van der Waals surface area contributed by atoms with Gasteiger partial charge in [0.25, 0.3) is 5.91 Å². The van der Waals surface area contributed by atoms with Gasteiger partial charge in [0.15, 0.2) is 0 Å². The fourth-order valence-corrected chi connectivity index (χ4v) is 5.06. The van der Waals surface area contributed by atoms with E-state index >= 15 is 0 Å². The number of unbranched alkanes of at least 4 members (excludes halogenated alkanes) is 2. The number of methoxy groups -OCH3 is 1. The summed E-state index contributed by atoms with van der Waals surface area (Å²) >= 11 is 0. The molecular formula is C33H39N2O4+. The number of rotatable bonds is 9. The van der Waals surface area contributed by atoms with Gasteiger partial charge in [-0.25, -0.2) is 4.99 Å². The number of nitrogens with one attached hydrogen (secondary N) is 1. The van der Waals surface area contributed by atoms with Crippen LogP contribution >= 0.6 is 0 Å². The van der Waals surface area contributed by atoms with Crippen molar-refractivity contribution in [1.82, 2.24) is 4.90 Å². The lowest BCUT2D eigenvalue weighted by Gasteiger charge is -2.22. The van der Waals surface area contributed by atoms with Crippen LogP contribution in [0, 0.1) is 20.8 Å². The summed E-state index contributed by atoms with van der Waals surface area (Å²) in [6, 6.07) is 16.3. The van der Waals surface area contributed by atoms with Gasteiger partial charge < -0.3 is 14.1 Å². The van der Waals surface area contributed by atoms with Crippen LogP contribution in [0.15, 0.2) is 52.9 Å². The molecule has 4 rings (SSSR count). The summed E-state index contributed by atoms with van der Waals surface area (Å²) in [6.07, 6.45) is 2.84. The van der Waals surface area contributed by atoms with Crippen LogP contribution in [-0.4, -0.2) is 44.0 Å². The van der Waals surface area contributed by atoms with Crippen LogP contribution in [0.25, 0.3) is 33.4 Å². The third-order valence-corrected chi connectivity index (χ3v) is 7.42. The maximum Gasteiger partial charge on any atom is 0.305 e. The van der Waals surface area contributed by atoms with Crippen LogP contribution in [0.4, 0.5) is 0 Å². The molecule has 1 amide bonds. The predicted molar refractivity (Wildman–Crippen MR) is 155 cm³/mol. The Morgan fingerprint density at radius 3 is 2.41 bits per heavy atom. The predicted octanol–water partition coefficient (Wildman–Crippen LogP) is 4.94. The molecule has 1 heterocycles. The van der Waals surface area contributed by atoms with E-state index in [1.165, 1.54) is 12.7 Å². The second kappa shape index (κ2) is 12.3. The zero-order valence-electron chi connectivity index (χ0n) is 23.9. The van der Waals surface area contributed by atoms with Crippen LogP contribution in [-0.2, 0) is 9.53 Å². The average molecular weight is 528 g/mol. The van der Waals surface area contributed by atoms with Crippen LogP contribution in [0.1, 0.15) is 59.7 Å². The Morgan fingerprint density at radius 1 is 0.923 bits per heavy atom. The minimum atomic E-state index is -0.194. The van der Waals surface area contributed by atoms with Crippen molar-refractivity contribution in [1.29, 1.82) is 0 Å². The van der Waals surface area contributed by atoms with Crippen molar-refractivity contribution in [2.75, 3.05) is 27.2 Å². The van der Waals surface area contributed by atoms with E-state index in [0.29, 0.717) is 18.5 Å². The van der Waals surface area contributed by atoms with Crippen LogP contribution in [0.2, 0.25) is 0 Å². The lowest BCUT2D eigenvalue weighted by molar-refractivity contribution is -0.496. The Morgan fingerprint density at radius 2 is 1.67 bits per heavy atom. The van der Waals surface area contributed by atoms with Crippen molar-refractivity contribution in [2.24, 2.45) is 0 Å². The van der Waals surface area contributed by atoms with Gasteiger partial charge in [-0.3, -0.25) is 9.59 Å². The monoisotopic (exact) mass is 527 g/mol. The minimum absolute atomic E-state index is 0.0227. The summed E-state index contributed by atoms with van der Waals surface area (Å²) in [5, 5.41) is 2.03. The highest BCUT2D eigenvalue weighted by Gasteiger charge is 2.24. The van der Waals surface area contributed by atoms with E-state index in [-0.39, 0.29) is 11.9 Å². The fourth-order valence-electron chi connectivity index (χ4n) is 5.06. The van der Waals surface area contributed by atoms with E-state index in [4.69, 9.17) is 9.15 Å². The standard InChI is InChI=1S/C33H38N2O4/c1-7-34-28-20-30-27(18-23(28)4)32(26-17-21(2)22(3)19-29(26)39-30)24-13-10-11-14-25(24)33(37)35(5)16-12-8-9-15-31(36)38-6/h10-11,13-14,17-20H,7-9,12,15-16H2,1-6H3/p+1. The van der Waals surface area contributed by atoms with Gasteiger partial charge >= 0.3 is 5.97 Å². The highest BCUT2D eigenvalue weighted by molar-refractivity contribution is 6.09. The highest BCUT2D eigenvalue weighted by Crippen LogP contribution is 2.42. The van der Waals surface area contributed by atoms with Crippen molar-refractivity contribution in [3.05, 3.63) is 76.1 Å². The van der Waals surface area contributed by atoms with E-state index in [1.807, 2.05) is 31.3 Å². The SMILES string of the molecule is CC[NH+]=c1cc2oc3cc(C)c(C)cc3c(-c3ccccc3C(=O)N(C)CCCCCC(=O)OC)c-2cc1C. The summed E-state index contributed by atoms with van der Waals surface area (Å²) in [7, 11) is 3.25. The first-order valence-corrected chi connectivity index (χ1v) is 13.7. The maximum absolute atomic E-state index is 13.8. The molecule has 6 nitrogen and oxygen atoms in total. The topological polar surface area (TPSA) is 73.7 Å². The fraction of sp³-hybridized carbons (Fsp3) is 0.364. The molecule has 1 aliphatic heterocycles. The molecule has 0 radical (unpaired) electrons. The number of hydrogen-bond acceptors (Lipinski definition) is 4. The van der Waals surface area contributed by atoms with E-state index < -0.39 is 0 Å². The summed E-state index contributed by atoms with van der Waals surface area (Å²) in [4.78, 5) is 30.4. The number of esters is 1. The molecule has 0 unspecified atom stereocenters. The van der Waals surface area contributed by atoms with Crippen molar-refractivity contribution >= 4 is 22.8 Å².